The molecule has 0 spiro atoms. The van der Waals surface area contributed by atoms with Crippen LogP contribution in [0.1, 0.15) is 79.8 Å². The lowest BCUT2D eigenvalue weighted by Gasteiger charge is -2.21. The fourth-order valence-corrected chi connectivity index (χ4v) is 11.9. The van der Waals surface area contributed by atoms with Gasteiger partial charge in [-0.3, -0.25) is 4.79 Å². The summed E-state index contributed by atoms with van der Waals surface area (Å²) < 4.78 is 30.1. The highest BCUT2D eigenvalue weighted by molar-refractivity contribution is 14.1. The molecule has 0 N–H and O–H groups in total. The molecule has 0 aliphatic carbocycles. The molecule has 0 fully saturated rings. The van der Waals surface area contributed by atoms with Crippen LogP contribution in [-0.2, 0) is 12.8 Å². The number of para-hydroxylation sites is 2. The number of hydrogen-bond acceptors (Lipinski definition) is 7. The van der Waals surface area contributed by atoms with E-state index < -0.39 is 0 Å². The fraction of sp³-hybridized carbons (Fsp3) is 0.383. The normalized spacial score (nSPS) is 11.6. The molecule has 0 aliphatic rings. The third kappa shape index (κ3) is 11.1. The number of ether oxygens (including phenoxy) is 2. The number of furan rings is 2. The summed E-state index contributed by atoms with van der Waals surface area (Å²) in [4.78, 5) is 20.3. The van der Waals surface area contributed by atoms with Crippen LogP contribution in [0.3, 0.4) is 0 Å². The second-order valence-electron chi connectivity index (χ2n) is 15.2. The molecule has 6 rings (SSSR count). The standard InChI is InChI=1S/C47H52I4N2O5.ClH/c1-7-9-19-37-39(29-17-11-13-21-35(29)57-37)41-31(27-33(48)46(43(41)50)55-25-15-23-52(3)4)45(54)32-28-34(49)47(56-26-16-24-53(5)6)44(51)42(32)40-30-18-12-14-22-36(30)58-38(40)20-10-8-2;/h11-14,17-18,21-22,27-28H,7-10,15-16,19-20,23-26H2,1-6H3;1H. The smallest absolute Gasteiger partial charge is 0.194 e. The van der Waals surface area contributed by atoms with E-state index >= 15 is 4.79 Å². The summed E-state index contributed by atoms with van der Waals surface area (Å²) in [6, 6.07) is 20.5. The van der Waals surface area contributed by atoms with Crippen LogP contribution in [0, 0.1) is 14.3 Å². The Kier molecular flexibility index (Phi) is 18.6. The predicted molar refractivity (Wildman–Crippen MR) is 279 cm³/mol. The van der Waals surface area contributed by atoms with E-state index in [1.807, 2.05) is 48.5 Å². The first-order valence-corrected chi connectivity index (χ1v) is 24.4. The second kappa shape index (κ2) is 22.6. The molecular formula is C47H53ClI4N2O5. The molecule has 0 atom stereocenters. The molecule has 0 saturated carbocycles. The van der Waals surface area contributed by atoms with Gasteiger partial charge in [0.25, 0.3) is 0 Å². The number of hydrogen-bond donors (Lipinski definition) is 0. The lowest BCUT2D eigenvalue weighted by atomic mass is 9.87. The van der Waals surface area contributed by atoms with Crippen molar-refractivity contribution in [1.82, 2.24) is 9.80 Å². The van der Waals surface area contributed by atoms with Gasteiger partial charge in [-0.2, -0.15) is 0 Å². The molecular weight excluding hydrogens is 1220 g/mol. The first-order valence-electron chi connectivity index (χ1n) is 20.1. The van der Waals surface area contributed by atoms with E-state index in [1.54, 1.807) is 0 Å². The van der Waals surface area contributed by atoms with Gasteiger partial charge in [-0.05, 0) is 169 Å². The first-order chi connectivity index (χ1) is 28.0. The summed E-state index contributed by atoms with van der Waals surface area (Å²) in [7, 11) is 8.31. The third-order valence-electron chi connectivity index (χ3n) is 10.2. The molecule has 4 aromatic carbocycles. The highest BCUT2D eigenvalue weighted by Crippen LogP contribution is 2.48. The van der Waals surface area contributed by atoms with Crippen molar-refractivity contribution in [1.29, 1.82) is 0 Å². The molecule has 12 heteroatoms. The Morgan fingerprint density at radius 3 is 1.36 bits per heavy atom. The number of benzene rings is 4. The predicted octanol–water partition coefficient (Wildman–Crippen LogP) is 13.9. The average molecular weight is 1270 g/mol. The Balaban J connectivity index is 0.00000661. The summed E-state index contributed by atoms with van der Waals surface area (Å²) in [6.07, 6.45) is 7.27. The van der Waals surface area contributed by atoms with Gasteiger partial charge < -0.3 is 28.1 Å². The van der Waals surface area contributed by atoms with E-state index in [-0.39, 0.29) is 18.2 Å². The molecule has 7 nitrogen and oxygen atoms in total. The number of halogens is 5. The molecule has 6 aromatic rings. The SMILES string of the molecule is CCCCc1oc2ccccc2c1-c1c(C(=O)c2cc(I)c(OCCCN(C)C)c(I)c2-c2c(CCCC)oc3ccccc23)cc(I)c(OCCCN(C)C)c1I.Cl. The summed E-state index contributed by atoms with van der Waals surface area (Å²) in [5, 5.41) is 1.99. The zero-order valence-electron chi connectivity index (χ0n) is 34.6. The van der Waals surface area contributed by atoms with E-state index in [1.165, 1.54) is 0 Å². The minimum atomic E-state index is -0.0616. The molecule has 2 heterocycles. The van der Waals surface area contributed by atoms with Crippen molar-refractivity contribution in [2.75, 3.05) is 54.5 Å². The van der Waals surface area contributed by atoms with Crippen molar-refractivity contribution in [3.63, 3.8) is 0 Å². The van der Waals surface area contributed by atoms with Crippen LogP contribution < -0.4 is 9.47 Å². The highest BCUT2D eigenvalue weighted by atomic mass is 127. The topological polar surface area (TPSA) is 68.3 Å². The van der Waals surface area contributed by atoms with Crippen LogP contribution in [0.15, 0.2) is 69.5 Å². The van der Waals surface area contributed by atoms with Crippen LogP contribution in [-0.4, -0.2) is 70.1 Å². The Morgan fingerprint density at radius 1 is 0.593 bits per heavy atom. The summed E-state index contributed by atoms with van der Waals surface area (Å²) in [5.41, 5.74) is 6.52. The maximum atomic E-state index is 15.9. The molecule has 0 unspecified atom stereocenters. The molecule has 0 bridgehead atoms. The Hall–Kier alpha value is -1.64. The van der Waals surface area contributed by atoms with Crippen molar-refractivity contribution in [3.05, 3.63) is 97.6 Å². The Morgan fingerprint density at radius 2 is 0.983 bits per heavy atom. The van der Waals surface area contributed by atoms with Crippen molar-refractivity contribution < 1.29 is 23.1 Å². The zero-order valence-corrected chi connectivity index (χ0v) is 44.1. The third-order valence-corrected chi connectivity index (χ3v) is 13.8. The minimum Gasteiger partial charge on any atom is -0.491 e. The fourth-order valence-electron chi connectivity index (χ4n) is 7.34. The van der Waals surface area contributed by atoms with Crippen molar-refractivity contribution in [2.24, 2.45) is 0 Å². The first kappa shape index (κ1) is 48.4. The van der Waals surface area contributed by atoms with Gasteiger partial charge in [0.05, 0.1) is 27.5 Å². The van der Waals surface area contributed by atoms with Gasteiger partial charge in [0.1, 0.15) is 34.2 Å². The molecule has 0 saturated heterocycles. The Bertz CT molecular complexity index is 2220. The van der Waals surface area contributed by atoms with Crippen LogP contribution in [0.2, 0.25) is 0 Å². The molecule has 316 valence electrons. The van der Waals surface area contributed by atoms with Crippen LogP contribution in [0.5, 0.6) is 11.5 Å². The summed E-state index contributed by atoms with van der Waals surface area (Å²) in [5.74, 6) is 3.32. The van der Waals surface area contributed by atoms with Crippen LogP contribution in [0.4, 0.5) is 0 Å². The van der Waals surface area contributed by atoms with Gasteiger partial charge in [-0.25, -0.2) is 0 Å². The van der Waals surface area contributed by atoms with Gasteiger partial charge in [-0.15, -0.1) is 12.4 Å². The van der Waals surface area contributed by atoms with E-state index in [0.717, 1.165) is 146 Å². The Labute approximate surface area is 410 Å². The largest absolute Gasteiger partial charge is 0.491 e. The summed E-state index contributed by atoms with van der Waals surface area (Å²) >= 11 is 9.53. The molecule has 0 aliphatic heterocycles. The minimum absolute atomic E-state index is 0. The lowest BCUT2D eigenvalue weighted by Crippen LogP contribution is -2.17. The van der Waals surface area contributed by atoms with Crippen LogP contribution >= 0.6 is 103 Å². The molecule has 0 amide bonds. The summed E-state index contributed by atoms with van der Waals surface area (Å²) in [6.45, 7) is 7.36. The van der Waals surface area contributed by atoms with Gasteiger partial charge in [-0.1, -0.05) is 63.1 Å². The molecule has 0 radical (unpaired) electrons. The van der Waals surface area contributed by atoms with Gasteiger partial charge >= 0.3 is 0 Å². The van der Waals surface area contributed by atoms with E-state index in [0.29, 0.717) is 24.3 Å². The molecule has 2 aromatic heterocycles. The van der Waals surface area contributed by atoms with Crippen molar-refractivity contribution >= 4 is 130 Å². The maximum Gasteiger partial charge on any atom is 0.194 e. The second-order valence-corrected chi connectivity index (χ2v) is 19.7. The van der Waals surface area contributed by atoms with E-state index in [9.17, 15) is 0 Å². The van der Waals surface area contributed by atoms with E-state index in [4.69, 9.17) is 18.3 Å². The molecule has 59 heavy (non-hydrogen) atoms. The number of carbonyl (C=O) groups is 1. The number of aryl methyl sites for hydroxylation is 2. The lowest BCUT2D eigenvalue weighted by molar-refractivity contribution is 0.103. The number of nitrogens with zero attached hydrogens (tertiary/aromatic N) is 2. The maximum absolute atomic E-state index is 15.9. The average Bonchev–Trinajstić information content (AvgIpc) is 3.75. The monoisotopic (exact) mass is 1270 g/mol. The highest BCUT2D eigenvalue weighted by Gasteiger charge is 2.32. The van der Waals surface area contributed by atoms with Gasteiger partial charge in [0, 0.05) is 70.1 Å². The number of rotatable bonds is 20. The zero-order chi connectivity index (χ0) is 41.5. The number of unbranched alkanes of at least 4 members (excludes halogenated alkanes) is 2. The van der Waals surface area contributed by atoms with Crippen LogP contribution in [0.25, 0.3) is 44.2 Å². The van der Waals surface area contributed by atoms with E-state index in [2.05, 4.69) is 154 Å². The number of ketones is 1. The number of carbonyl (C=O) groups excluding carboxylic acids is 1. The van der Waals surface area contributed by atoms with Crippen molar-refractivity contribution in [3.8, 4) is 33.8 Å². The van der Waals surface area contributed by atoms with Gasteiger partial charge in [0.2, 0.25) is 0 Å². The van der Waals surface area contributed by atoms with Crippen molar-refractivity contribution in [2.45, 2.75) is 65.2 Å². The number of fused-ring (bicyclic) bond motifs is 2. The van der Waals surface area contributed by atoms with Gasteiger partial charge in [0.15, 0.2) is 5.78 Å². The quantitative estimate of drug-likeness (QED) is 0.0429.